The predicted molar refractivity (Wildman–Crippen MR) is 153 cm³/mol. The van der Waals surface area contributed by atoms with Crippen molar-refractivity contribution in [3.8, 4) is 5.75 Å². The number of methoxy groups -OCH3 is 1. The van der Waals surface area contributed by atoms with Crippen LogP contribution in [0, 0.1) is 0 Å². The van der Waals surface area contributed by atoms with Crippen molar-refractivity contribution < 1.29 is 22.7 Å². The van der Waals surface area contributed by atoms with E-state index in [9.17, 15) is 18.0 Å². The summed E-state index contributed by atoms with van der Waals surface area (Å²) in [7, 11) is -2.11. The average molecular weight is 572 g/mol. The first-order chi connectivity index (χ1) is 18.6. The Kier molecular flexibility index (Phi) is 10.9. The number of nitrogens with one attached hydrogen (secondary N) is 1. The molecule has 1 atom stereocenters. The van der Waals surface area contributed by atoms with E-state index in [-0.39, 0.29) is 19.0 Å². The Morgan fingerprint density at radius 3 is 2.08 bits per heavy atom. The van der Waals surface area contributed by atoms with E-state index in [1.54, 1.807) is 50.4 Å². The summed E-state index contributed by atoms with van der Waals surface area (Å²) >= 11 is 6.02. The molecule has 1 N–H and O–H groups in total. The summed E-state index contributed by atoms with van der Waals surface area (Å²) in [6.07, 6.45) is 1.68. The van der Waals surface area contributed by atoms with Gasteiger partial charge >= 0.3 is 0 Å². The lowest BCUT2D eigenvalue weighted by molar-refractivity contribution is -0.140. The van der Waals surface area contributed by atoms with Gasteiger partial charge in [-0.15, -0.1) is 0 Å². The van der Waals surface area contributed by atoms with Gasteiger partial charge in [-0.05, 0) is 54.3 Å². The van der Waals surface area contributed by atoms with Crippen molar-refractivity contribution in [2.75, 3.05) is 26.5 Å². The predicted octanol–water partition coefficient (Wildman–Crippen LogP) is 3.89. The van der Waals surface area contributed by atoms with E-state index in [1.165, 1.54) is 4.90 Å². The molecule has 3 aromatic rings. The minimum absolute atomic E-state index is 0.0443. The van der Waals surface area contributed by atoms with E-state index in [2.05, 4.69) is 5.32 Å². The molecule has 3 aromatic carbocycles. The fraction of sp³-hybridized carbons (Fsp3) is 0.310. The van der Waals surface area contributed by atoms with E-state index in [1.807, 2.05) is 42.5 Å². The smallest absolute Gasteiger partial charge is 0.242 e. The third kappa shape index (κ3) is 9.38. The van der Waals surface area contributed by atoms with Gasteiger partial charge in [0.15, 0.2) is 0 Å². The lowest BCUT2D eigenvalue weighted by atomic mass is 10.1. The summed E-state index contributed by atoms with van der Waals surface area (Å²) in [6.45, 7) is 1.78. The van der Waals surface area contributed by atoms with Gasteiger partial charge in [0.2, 0.25) is 21.8 Å². The number of amides is 2. The van der Waals surface area contributed by atoms with Crippen LogP contribution in [0.5, 0.6) is 5.75 Å². The maximum Gasteiger partial charge on any atom is 0.242 e. The zero-order chi connectivity index (χ0) is 28.4. The van der Waals surface area contributed by atoms with Gasteiger partial charge in [0.25, 0.3) is 0 Å². The molecule has 39 heavy (non-hydrogen) atoms. The Morgan fingerprint density at radius 2 is 1.49 bits per heavy atom. The molecule has 0 aromatic heterocycles. The molecule has 0 aliphatic carbocycles. The first-order valence-corrected chi connectivity index (χ1v) is 14.7. The number of sulfonamides is 1. The Morgan fingerprint density at radius 1 is 0.897 bits per heavy atom. The number of nitrogens with zero attached hydrogens (tertiary/aromatic N) is 2. The van der Waals surface area contributed by atoms with Crippen molar-refractivity contribution in [1.29, 1.82) is 0 Å². The molecule has 3 rings (SSSR count). The van der Waals surface area contributed by atoms with Crippen molar-refractivity contribution in [2.24, 2.45) is 0 Å². The monoisotopic (exact) mass is 571 g/mol. The zero-order valence-electron chi connectivity index (χ0n) is 22.3. The quantitative estimate of drug-likeness (QED) is 0.336. The highest BCUT2D eigenvalue weighted by molar-refractivity contribution is 7.88. The fourth-order valence-electron chi connectivity index (χ4n) is 3.96. The van der Waals surface area contributed by atoms with Crippen LogP contribution in [0.4, 0.5) is 0 Å². The van der Waals surface area contributed by atoms with Crippen LogP contribution in [0.1, 0.15) is 23.6 Å². The molecule has 2 amide bonds. The van der Waals surface area contributed by atoms with E-state index in [4.69, 9.17) is 16.3 Å². The number of halogens is 1. The fourth-order valence-corrected chi connectivity index (χ4v) is 4.81. The summed E-state index contributed by atoms with van der Waals surface area (Å²) in [4.78, 5) is 28.1. The van der Waals surface area contributed by atoms with Crippen molar-refractivity contribution in [3.05, 3.63) is 101 Å². The number of hydrogen-bond acceptors (Lipinski definition) is 5. The Labute approximate surface area is 235 Å². The molecule has 0 bridgehead atoms. The van der Waals surface area contributed by atoms with Crippen LogP contribution in [0.3, 0.4) is 0 Å². The van der Waals surface area contributed by atoms with Crippen molar-refractivity contribution >= 4 is 33.4 Å². The molecular weight excluding hydrogens is 538 g/mol. The highest BCUT2D eigenvalue weighted by atomic mass is 35.5. The average Bonchev–Trinajstić information content (AvgIpc) is 2.92. The molecule has 10 heteroatoms. The van der Waals surface area contributed by atoms with Gasteiger partial charge in [0, 0.05) is 24.7 Å². The number of rotatable bonds is 13. The molecule has 1 unspecified atom stereocenters. The molecule has 0 spiro atoms. The molecule has 0 heterocycles. The molecule has 0 fully saturated rings. The van der Waals surface area contributed by atoms with Crippen LogP contribution in [0.2, 0.25) is 5.02 Å². The molecule has 0 saturated heterocycles. The van der Waals surface area contributed by atoms with Gasteiger partial charge in [0.05, 0.1) is 19.9 Å². The lowest BCUT2D eigenvalue weighted by Gasteiger charge is -2.31. The first-order valence-electron chi connectivity index (χ1n) is 12.5. The topological polar surface area (TPSA) is 96.0 Å². The highest BCUT2D eigenvalue weighted by Crippen LogP contribution is 2.16. The SMILES string of the molecule is COc1ccc(CCNC(=O)C(C)N(Cc2ccc(Cl)cc2)C(=O)CN(Cc2ccccc2)S(C)(=O)=O)cc1. The van der Waals surface area contributed by atoms with E-state index in [0.717, 1.165) is 33.0 Å². The molecule has 0 aliphatic heterocycles. The second kappa shape index (κ2) is 14.1. The number of carbonyl (C=O) groups excluding carboxylic acids is 2. The molecular formula is C29H34ClN3O5S. The Hall–Kier alpha value is -3.40. The van der Waals surface area contributed by atoms with Gasteiger partial charge in [-0.2, -0.15) is 4.31 Å². The minimum Gasteiger partial charge on any atom is -0.497 e. The summed E-state index contributed by atoms with van der Waals surface area (Å²) < 4.78 is 31.4. The van der Waals surface area contributed by atoms with Crippen LogP contribution >= 0.6 is 11.6 Å². The van der Waals surface area contributed by atoms with Gasteiger partial charge in [-0.3, -0.25) is 9.59 Å². The normalized spacial score (nSPS) is 12.1. The van der Waals surface area contributed by atoms with Crippen LogP contribution < -0.4 is 10.1 Å². The number of hydrogen-bond donors (Lipinski definition) is 1. The zero-order valence-corrected chi connectivity index (χ0v) is 23.9. The van der Waals surface area contributed by atoms with Gasteiger partial charge in [0.1, 0.15) is 11.8 Å². The Balaban J connectivity index is 1.74. The van der Waals surface area contributed by atoms with E-state index >= 15 is 0 Å². The number of ether oxygens (including phenoxy) is 1. The molecule has 0 radical (unpaired) electrons. The summed E-state index contributed by atoms with van der Waals surface area (Å²) in [5.74, 6) is -0.0629. The first kappa shape index (κ1) is 30.1. The third-order valence-corrected chi connectivity index (χ3v) is 7.74. The second-order valence-corrected chi connectivity index (χ2v) is 11.6. The number of benzene rings is 3. The van der Waals surface area contributed by atoms with Crippen LogP contribution in [-0.2, 0) is 39.1 Å². The number of carbonyl (C=O) groups is 2. The van der Waals surface area contributed by atoms with Crippen LogP contribution in [0.25, 0.3) is 0 Å². The third-order valence-electron chi connectivity index (χ3n) is 6.29. The standard InChI is InChI=1S/C29H34ClN3O5S/c1-22(29(35)31-18-17-23-11-15-27(38-2)16-12-23)33(20-25-9-13-26(30)14-10-25)28(34)21-32(39(3,36)37)19-24-7-5-4-6-8-24/h4-16,22H,17-21H2,1-3H3,(H,31,35). The largest absolute Gasteiger partial charge is 0.497 e. The maximum atomic E-state index is 13.6. The molecule has 0 aliphatic rings. The van der Waals surface area contributed by atoms with Crippen LogP contribution in [0.15, 0.2) is 78.9 Å². The van der Waals surface area contributed by atoms with E-state index < -0.39 is 28.5 Å². The summed E-state index contributed by atoms with van der Waals surface area (Å²) in [5.41, 5.74) is 2.55. The minimum atomic E-state index is -3.71. The molecule has 8 nitrogen and oxygen atoms in total. The maximum absolute atomic E-state index is 13.6. The van der Waals surface area contributed by atoms with Gasteiger partial charge in [-0.25, -0.2) is 8.42 Å². The second-order valence-electron chi connectivity index (χ2n) is 9.23. The van der Waals surface area contributed by atoms with Crippen LogP contribution in [-0.4, -0.2) is 61.9 Å². The Bertz CT molecular complexity index is 1330. The van der Waals surface area contributed by atoms with Crippen molar-refractivity contribution in [3.63, 3.8) is 0 Å². The van der Waals surface area contributed by atoms with Crippen molar-refractivity contribution in [2.45, 2.75) is 32.5 Å². The van der Waals surface area contributed by atoms with Gasteiger partial charge < -0.3 is 15.0 Å². The molecule has 0 saturated carbocycles. The highest BCUT2D eigenvalue weighted by Gasteiger charge is 2.29. The van der Waals surface area contributed by atoms with E-state index in [0.29, 0.717) is 18.0 Å². The van der Waals surface area contributed by atoms with Crippen molar-refractivity contribution in [1.82, 2.24) is 14.5 Å². The summed E-state index contributed by atoms with van der Waals surface area (Å²) in [6, 6.07) is 22.7. The summed E-state index contributed by atoms with van der Waals surface area (Å²) in [5, 5.41) is 3.44. The lowest BCUT2D eigenvalue weighted by Crippen LogP contribution is -2.51. The molecule has 208 valence electrons. The van der Waals surface area contributed by atoms with Gasteiger partial charge in [-0.1, -0.05) is 66.2 Å².